The van der Waals surface area contributed by atoms with Crippen LogP contribution in [0.15, 0.2) is 12.5 Å². The van der Waals surface area contributed by atoms with E-state index in [1.165, 1.54) is 38.2 Å². The van der Waals surface area contributed by atoms with E-state index in [9.17, 15) is 0 Å². The molecule has 12 heavy (non-hydrogen) atoms. The van der Waals surface area contributed by atoms with E-state index < -0.39 is 0 Å². The van der Waals surface area contributed by atoms with Crippen molar-refractivity contribution in [3.63, 3.8) is 0 Å². The van der Waals surface area contributed by atoms with E-state index in [-0.39, 0.29) is 0 Å². The summed E-state index contributed by atoms with van der Waals surface area (Å²) in [6.45, 7) is 3.74. The van der Waals surface area contributed by atoms with Crippen molar-refractivity contribution in [2.75, 3.05) is 19.6 Å². The molecule has 0 spiro atoms. The van der Waals surface area contributed by atoms with E-state index >= 15 is 0 Å². The number of aromatic nitrogens is 2. The van der Waals surface area contributed by atoms with E-state index in [2.05, 4.69) is 14.9 Å². The summed E-state index contributed by atoms with van der Waals surface area (Å²) < 4.78 is 0. The lowest BCUT2D eigenvalue weighted by atomic mass is 10.3. The molecule has 1 aromatic heterocycles. The van der Waals surface area contributed by atoms with Crippen LogP contribution in [0, 0.1) is 0 Å². The lowest BCUT2D eigenvalue weighted by Gasteiger charge is -2.12. The Kier molecular flexibility index (Phi) is 2.42. The first-order chi connectivity index (χ1) is 5.95. The van der Waals surface area contributed by atoms with Crippen LogP contribution in [0.25, 0.3) is 0 Å². The summed E-state index contributed by atoms with van der Waals surface area (Å²) in [6.07, 6.45) is 7.57. The first kappa shape index (κ1) is 7.80. The highest BCUT2D eigenvalue weighted by Crippen LogP contribution is 2.07. The van der Waals surface area contributed by atoms with Gasteiger partial charge in [0.05, 0.1) is 12.0 Å². The number of likely N-dealkylation sites (tertiary alicyclic amines) is 1. The third-order valence-corrected chi connectivity index (χ3v) is 2.44. The molecule has 1 aliphatic heterocycles. The standard InChI is InChI=1S/C9H15N3/c1-2-5-12(4-1)6-3-9-7-10-8-11-9/h7-8H,1-6H2,(H,10,11). The Labute approximate surface area is 72.8 Å². The molecule has 3 nitrogen and oxygen atoms in total. The molecule has 1 saturated heterocycles. The highest BCUT2D eigenvalue weighted by Gasteiger charge is 2.10. The van der Waals surface area contributed by atoms with Crippen molar-refractivity contribution >= 4 is 0 Å². The molecular formula is C9H15N3. The molecular weight excluding hydrogens is 150 g/mol. The highest BCUT2D eigenvalue weighted by molar-refractivity contribution is 4.94. The molecule has 0 radical (unpaired) electrons. The molecule has 2 rings (SSSR count). The summed E-state index contributed by atoms with van der Waals surface area (Å²) in [7, 11) is 0. The average molecular weight is 165 g/mol. The van der Waals surface area contributed by atoms with Crippen LogP contribution in [0.5, 0.6) is 0 Å². The zero-order valence-electron chi connectivity index (χ0n) is 7.29. The van der Waals surface area contributed by atoms with Crippen LogP contribution in [0.3, 0.4) is 0 Å². The number of nitrogens with zero attached hydrogens (tertiary/aromatic N) is 2. The van der Waals surface area contributed by atoms with E-state index in [0.717, 1.165) is 6.42 Å². The lowest BCUT2D eigenvalue weighted by Crippen LogP contribution is -2.21. The maximum absolute atomic E-state index is 4.19. The van der Waals surface area contributed by atoms with Crippen LogP contribution < -0.4 is 0 Å². The van der Waals surface area contributed by atoms with Gasteiger partial charge in [0.1, 0.15) is 0 Å². The Bertz CT molecular complexity index is 212. The van der Waals surface area contributed by atoms with Gasteiger partial charge in [0.2, 0.25) is 0 Å². The van der Waals surface area contributed by atoms with Crippen LogP contribution in [-0.4, -0.2) is 34.5 Å². The minimum absolute atomic E-state index is 1.09. The molecule has 0 aliphatic carbocycles. The van der Waals surface area contributed by atoms with Gasteiger partial charge in [0, 0.05) is 19.2 Å². The summed E-state index contributed by atoms with van der Waals surface area (Å²) in [4.78, 5) is 9.68. The summed E-state index contributed by atoms with van der Waals surface area (Å²) in [5.41, 5.74) is 1.18. The molecule has 0 atom stereocenters. The third kappa shape index (κ3) is 1.85. The van der Waals surface area contributed by atoms with Crippen molar-refractivity contribution in [2.24, 2.45) is 0 Å². The second-order valence-electron chi connectivity index (χ2n) is 3.36. The number of hydrogen-bond donors (Lipinski definition) is 1. The van der Waals surface area contributed by atoms with E-state index in [4.69, 9.17) is 0 Å². The number of nitrogens with one attached hydrogen (secondary N) is 1. The van der Waals surface area contributed by atoms with E-state index in [1.54, 1.807) is 6.33 Å². The summed E-state index contributed by atoms with van der Waals surface area (Å²) in [6, 6.07) is 0. The zero-order valence-corrected chi connectivity index (χ0v) is 7.29. The number of H-pyrrole nitrogens is 1. The monoisotopic (exact) mass is 165 g/mol. The average Bonchev–Trinajstić information content (AvgIpc) is 2.74. The van der Waals surface area contributed by atoms with Crippen molar-refractivity contribution in [3.05, 3.63) is 18.2 Å². The van der Waals surface area contributed by atoms with Gasteiger partial charge in [-0.2, -0.15) is 0 Å². The second-order valence-corrected chi connectivity index (χ2v) is 3.36. The molecule has 0 bridgehead atoms. The molecule has 1 aromatic rings. The van der Waals surface area contributed by atoms with Crippen LogP contribution in [0.4, 0.5) is 0 Å². The normalized spacial score (nSPS) is 18.7. The van der Waals surface area contributed by atoms with Crippen molar-refractivity contribution in [3.8, 4) is 0 Å². The second kappa shape index (κ2) is 3.72. The fourth-order valence-corrected chi connectivity index (χ4v) is 1.71. The van der Waals surface area contributed by atoms with Gasteiger partial charge in [-0.3, -0.25) is 0 Å². The van der Waals surface area contributed by atoms with Crippen LogP contribution in [0.2, 0.25) is 0 Å². The molecule has 1 N–H and O–H groups in total. The Morgan fingerprint density at radius 2 is 2.25 bits per heavy atom. The molecule has 3 heteroatoms. The molecule has 0 unspecified atom stereocenters. The van der Waals surface area contributed by atoms with Crippen LogP contribution in [0.1, 0.15) is 18.5 Å². The smallest absolute Gasteiger partial charge is 0.0923 e. The van der Waals surface area contributed by atoms with Crippen molar-refractivity contribution in [1.82, 2.24) is 14.9 Å². The fourth-order valence-electron chi connectivity index (χ4n) is 1.71. The molecule has 2 heterocycles. The van der Waals surface area contributed by atoms with Crippen molar-refractivity contribution in [1.29, 1.82) is 0 Å². The van der Waals surface area contributed by atoms with Gasteiger partial charge in [-0.15, -0.1) is 0 Å². The largest absolute Gasteiger partial charge is 0.351 e. The Balaban J connectivity index is 1.74. The molecule has 1 aliphatic rings. The van der Waals surface area contributed by atoms with Crippen molar-refractivity contribution < 1.29 is 0 Å². The third-order valence-electron chi connectivity index (χ3n) is 2.44. The van der Waals surface area contributed by atoms with Crippen LogP contribution >= 0.6 is 0 Å². The molecule has 0 amide bonds. The van der Waals surface area contributed by atoms with Gasteiger partial charge in [-0.25, -0.2) is 4.98 Å². The first-order valence-electron chi connectivity index (χ1n) is 4.65. The summed E-state index contributed by atoms with van der Waals surface area (Å²) in [5.74, 6) is 0. The lowest BCUT2D eigenvalue weighted by molar-refractivity contribution is 0.342. The fraction of sp³-hybridized carbons (Fsp3) is 0.667. The summed E-state index contributed by atoms with van der Waals surface area (Å²) >= 11 is 0. The van der Waals surface area contributed by atoms with Gasteiger partial charge in [0.25, 0.3) is 0 Å². The molecule has 0 saturated carbocycles. The van der Waals surface area contributed by atoms with Gasteiger partial charge in [-0.05, 0) is 25.9 Å². The SMILES string of the molecule is c1nc(CCN2CCCC2)c[nH]1. The zero-order chi connectivity index (χ0) is 8.23. The van der Waals surface area contributed by atoms with Gasteiger partial charge < -0.3 is 9.88 Å². The first-order valence-corrected chi connectivity index (χ1v) is 4.65. The van der Waals surface area contributed by atoms with E-state index in [1.807, 2.05) is 6.20 Å². The van der Waals surface area contributed by atoms with Gasteiger partial charge in [0.15, 0.2) is 0 Å². The predicted octanol–water partition coefficient (Wildman–Crippen LogP) is 1.05. The highest BCUT2D eigenvalue weighted by atomic mass is 15.1. The summed E-state index contributed by atoms with van der Waals surface area (Å²) in [5, 5.41) is 0. The number of imidazole rings is 1. The number of rotatable bonds is 3. The molecule has 66 valence electrons. The molecule has 0 aromatic carbocycles. The Morgan fingerprint density at radius 1 is 1.42 bits per heavy atom. The van der Waals surface area contributed by atoms with Crippen LogP contribution in [-0.2, 0) is 6.42 Å². The quantitative estimate of drug-likeness (QED) is 0.726. The van der Waals surface area contributed by atoms with Crippen molar-refractivity contribution in [2.45, 2.75) is 19.3 Å². The Hall–Kier alpha value is -0.830. The Morgan fingerprint density at radius 3 is 2.92 bits per heavy atom. The predicted molar refractivity (Wildman–Crippen MR) is 48.0 cm³/mol. The minimum atomic E-state index is 1.09. The minimum Gasteiger partial charge on any atom is -0.351 e. The maximum atomic E-state index is 4.19. The maximum Gasteiger partial charge on any atom is 0.0923 e. The number of aromatic amines is 1. The van der Waals surface area contributed by atoms with Gasteiger partial charge in [-0.1, -0.05) is 0 Å². The topological polar surface area (TPSA) is 31.9 Å². The number of hydrogen-bond acceptors (Lipinski definition) is 2. The van der Waals surface area contributed by atoms with E-state index in [0.29, 0.717) is 0 Å². The molecule has 1 fully saturated rings. The van der Waals surface area contributed by atoms with Gasteiger partial charge >= 0.3 is 0 Å².